The first-order chi connectivity index (χ1) is 6.33. The first-order valence-electron chi connectivity index (χ1n) is 5.20. The molecular weight excluding hydrogens is 166 g/mol. The van der Waals surface area contributed by atoms with E-state index in [9.17, 15) is 4.79 Å². The molecule has 2 rings (SSSR count). The van der Waals surface area contributed by atoms with E-state index in [1.165, 1.54) is 12.8 Å². The Hall–Kier alpha value is -0.410. The van der Waals surface area contributed by atoms with E-state index in [2.05, 4.69) is 4.90 Å². The molecule has 0 amide bonds. The molecular formula is C10H17NO2. The summed E-state index contributed by atoms with van der Waals surface area (Å²) < 4.78 is 0. The molecule has 2 unspecified atom stereocenters. The van der Waals surface area contributed by atoms with Gasteiger partial charge in [-0.2, -0.15) is 0 Å². The van der Waals surface area contributed by atoms with Crippen LogP contribution in [0.4, 0.5) is 0 Å². The zero-order valence-electron chi connectivity index (χ0n) is 7.91. The Bertz CT molecular complexity index is 205. The van der Waals surface area contributed by atoms with Gasteiger partial charge in [0.2, 0.25) is 0 Å². The number of aliphatic hydroxyl groups excluding tert-OH is 1. The Labute approximate surface area is 78.7 Å². The largest absolute Gasteiger partial charge is 0.396 e. The van der Waals surface area contributed by atoms with Gasteiger partial charge in [0.25, 0.3) is 0 Å². The molecule has 0 aromatic heterocycles. The van der Waals surface area contributed by atoms with Gasteiger partial charge in [-0.3, -0.25) is 9.69 Å². The minimum Gasteiger partial charge on any atom is -0.396 e. The molecule has 0 radical (unpaired) electrons. The third-order valence-electron chi connectivity index (χ3n) is 3.38. The summed E-state index contributed by atoms with van der Waals surface area (Å²) in [6, 6.07) is 0.347. The molecule has 1 N–H and O–H groups in total. The standard InChI is InChI=1S/C10H17NO2/c12-7-8-9-3-1-2-5-11(9)6-4-10(8)13/h8-9,12H,1-7H2. The van der Waals surface area contributed by atoms with Gasteiger partial charge in [-0.15, -0.1) is 0 Å². The molecule has 0 aromatic carbocycles. The summed E-state index contributed by atoms with van der Waals surface area (Å²) in [5.41, 5.74) is 0. The Morgan fingerprint density at radius 3 is 3.00 bits per heavy atom. The summed E-state index contributed by atoms with van der Waals surface area (Å²) in [6.45, 7) is 2.08. The van der Waals surface area contributed by atoms with Gasteiger partial charge in [0, 0.05) is 19.0 Å². The van der Waals surface area contributed by atoms with Gasteiger partial charge in [-0.25, -0.2) is 0 Å². The molecule has 13 heavy (non-hydrogen) atoms. The highest BCUT2D eigenvalue weighted by atomic mass is 16.3. The number of carbonyl (C=O) groups excluding carboxylic acids is 1. The maximum absolute atomic E-state index is 11.5. The average molecular weight is 183 g/mol. The number of carbonyl (C=O) groups is 1. The zero-order valence-corrected chi connectivity index (χ0v) is 7.91. The van der Waals surface area contributed by atoms with Gasteiger partial charge in [0.15, 0.2) is 0 Å². The van der Waals surface area contributed by atoms with Crippen molar-refractivity contribution >= 4 is 5.78 Å². The summed E-state index contributed by atoms with van der Waals surface area (Å²) in [5.74, 6) is 0.180. The van der Waals surface area contributed by atoms with Gasteiger partial charge in [-0.1, -0.05) is 6.42 Å². The molecule has 3 heteroatoms. The number of hydrogen-bond acceptors (Lipinski definition) is 3. The van der Waals surface area contributed by atoms with Gasteiger partial charge in [-0.05, 0) is 19.4 Å². The molecule has 3 nitrogen and oxygen atoms in total. The molecule has 0 aliphatic carbocycles. The zero-order chi connectivity index (χ0) is 9.26. The highest BCUT2D eigenvalue weighted by Gasteiger charge is 2.37. The maximum atomic E-state index is 11.5. The first kappa shape index (κ1) is 9.16. The summed E-state index contributed by atoms with van der Waals surface area (Å²) in [4.78, 5) is 13.9. The smallest absolute Gasteiger partial charge is 0.141 e. The molecule has 0 bridgehead atoms. The van der Waals surface area contributed by atoms with Gasteiger partial charge in [0.1, 0.15) is 5.78 Å². The molecule has 2 aliphatic heterocycles. The van der Waals surface area contributed by atoms with E-state index in [0.29, 0.717) is 12.5 Å². The number of nitrogens with zero attached hydrogens (tertiary/aromatic N) is 1. The number of rotatable bonds is 1. The number of Topliss-reactive ketones (excluding diaryl/α,β-unsaturated/α-hetero) is 1. The van der Waals surface area contributed by atoms with Crippen LogP contribution in [0.2, 0.25) is 0 Å². The molecule has 2 heterocycles. The van der Waals surface area contributed by atoms with Gasteiger partial charge >= 0.3 is 0 Å². The van der Waals surface area contributed by atoms with Gasteiger partial charge in [0.05, 0.1) is 12.5 Å². The number of hydrogen-bond donors (Lipinski definition) is 1. The van der Waals surface area contributed by atoms with Crippen LogP contribution in [0.1, 0.15) is 25.7 Å². The molecule has 74 valence electrons. The highest BCUT2D eigenvalue weighted by Crippen LogP contribution is 2.28. The van der Waals surface area contributed by atoms with E-state index in [1.54, 1.807) is 0 Å². The molecule has 0 saturated carbocycles. The topological polar surface area (TPSA) is 40.5 Å². The van der Waals surface area contributed by atoms with E-state index in [1.807, 2.05) is 0 Å². The van der Waals surface area contributed by atoms with Crippen molar-refractivity contribution in [1.29, 1.82) is 0 Å². The SMILES string of the molecule is O=C1CCN2CCCCC2C1CO. The first-order valence-corrected chi connectivity index (χ1v) is 5.20. The van der Waals surface area contributed by atoms with Crippen molar-refractivity contribution in [3.63, 3.8) is 0 Å². The maximum Gasteiger partial charge on any atom is 0.141 e. The monoisotopic (exact) mass is 183 g/mol. The molecule has 0 aromatic rings. The molecule has 2 aliphatic rings. The minimum absolute atomic E-state index is 0.0417. The van der Waals surface area contributed by atoms with Crippen LogP contribution in [-0.2, 0) is 4.79 Å². The number of aliphatic hydroxyl groups is 1. The van der Waals surface area contributed by atoms with Crippen LogP contribution in [-0.4, -0.2) is 41.5 Å². The van der Waals surface area contributed by atoms with E-state index in [-0.39, 0.29) is 18.3 Å². The summed E-state index contributed by atoms with van der Waals surface area (Å²) in [6.07, 6.45) is 4.20. The Kier molecular flexibility index (Phi) is 2.65. The lowest BCUT2D eigenvalue weighted by Crippen LogP contribution is -2.52. The lowest BCUT2D eigenvalue weighted by Gasteiger charge is -2.42. The second-order valence-corrected chi connectivity index (χ2v) is 4.10. The van der Waals surface area contributed by atoms with Gasteiger partial charge < -0.3 is 5.11 Å². The van der Waals surface area contributed by atoms with Crippen LogP contribution in [0.15, 0.2) is 0 Å². The summed E-state index contributed by atoms with van der Waals surface area (Å²) in [5, 5.41) is 9.15. The Morgan fingerprint density at radius 1 is 1.38 bits per heavy atom. The van der Waals surface area contributed by atoms with E-state index in [0.717, 1.165) is 19.5 Å². The van der Waals surface area contributed by atoms with Crippen molar-refractivity contribution in [3.05, 3.63) is 0 Å². The fraction of sp³-hybridized carbons (Fsp3) is 0.900. The molecule has 0 spiro atoms. The second kappa shape index (κ2) is 3.76. The van der Waals surface area contributed by atoms with Crippen molar-refractivity contribution in [2.45, 2.75) is 31.7 Å². The van der Waals surface area contributed by atoms with Crippen molar-refractivity contribution < 1.29 is 9.90 Å². The van der Waals surface area contributed by atoms with E-state index < -0.39 is 0 Å². The fourth-order valence-corrected chi connectivity index (χ4v) is 2.63. The lowest BCUT2D eigenvalue weighted by molar-refractivity contribution is -0.132. The molecule has 2 fully saturated rings. The summed E-state index contributed by atoms with van der Waals surface area (Å²) >= 11 is 0. The number of ketones is 1. The number of piperidine rings is 2. The number of fused-ring (bicyclic) bond motifs is 1. The van der Waals surface area contributed by atoms with Crippen molar-refractivity contribution in [2.75, 3.05) is 19.7 Å². The van der Waals surface area contributed by atoms with Crippen molar-refractivity contribution in [1.82, 2.24) is 4.90 Å². The van der Waals surface area contributed by atoms with Crippen LogP contribution in [0.25, 0.3) is 0 Å². The summed E-state index contributed by atoms with van der Waals surface area (Å²) in [7, 11) is 0. The Morgan fingerprint density at radius 2 is 2.23 bits per heavy atom. The van der Waals surface area contributed by atoms with Crippen LogP contribution < -0.4 is 0 Å². The highest BCUT2D eigenvalue weighted by molar-refractivity contribution is 5.82. The average Bonchev–Trinajstić information content (AvgIpc) is 2.18. The lowest BCUT2D eigenvalue weighted by atomic mass is 9.83. The predicted octanol–water partition coefficient (Wildman–Crippen LogP) is 0.422. The molecule has 2 atom stereocenters. The Balaban J connectivity index is 2.09. The van der Waals surface area contributed by atoms with Crippen LogP contribution in [0.3, 0.4) is 0 Å². The third-order valence-corrected chi connectivity index (χ3v) is 3.38. The quantitative estimate of drug-likeness (QED) is 0.640. The predicted molar refractivity (Wildman–Crippen MR) is 49.4 cm³/mol. The van der Waals surface area contributed by atoms with Crippen molar-refractivity contribution in [2.24, 2.45) is 5.92 Å². The fourth-order valence-electron chi connectivity index (χ4n) is 2.63. The van der Waals surface area contributed by atoms with Crippen LogP contribution in [0, 0.1) is 5.92 Å². The van der Waals surface area contributed by atoms with E-state index in [4.69, 9.17) is 5.11 Å². The van der Waals surface area contributed by atoms with Crippen LogP contribution >= 0.6 is 0 Å². The minimum atomic E-state index is -0.0888. The normalized spacial score (nSPS) is 35.9. The van der Waals surface area contributed by atoms with Crippen molar-refractivity contribution in [3.8, 4) is 0 Å². The molecule has 2 saturated heterocycles. The third kappa shape index (κ3) is 1.63. The van der Waals surface area contributed by atoms with Crippen LogP contribution in [0.5, 0.6) is 0 Å². The van der Waals surface area contributed by atoms with E-state index >= 15 is 0 Å². The second-order valence-electron chi connectivity index (χ2n) is 4.10.